The van der Waals surface area contributed by atoms with Crippen LogP contribution >= 0.6 is 0 Å². The topological polar surface area (TPSA) is 12.0 Å². The predicted octanol–water partition coefficient (Wildman–Crippen LogP) is 2.54. The van der Waals surface area contributed by atoms with E-state index in [1.165, 1.54) is 37.9 Å². The summed E-state index contributed by atoms with van der Waals surface area (Å²) >= 11 is 0. The van der Waals surface area contributed by atoms with Crippen molar-refractivity contribution in [1.82, 2.24) is 5.32 Å². The molecule has 1 atom stereocenters. The summed E-state index contributed by atoms with van der Waals surface area (Å²) in [5.41, 5.74) is 1.52. The van der Waals surface area contributed by atoms with Crippen LogP contribution in [0.2, 0.25) is 0 Å². The predicted molar refractivity (Wildman–Crippen MR) is 55.9 cm³/mol. The first-order valence-electron chi connectivity index (χ1n) is 5.22. The van der Waals surface area contributed by atoms with E-state index in [-0.39, 0.29) is 0 Å². The first kappa shape index (κ1) is 8.76. The molecule has 1 aromatic carbocycles. The fourth-order valence-electron chi connectivity index (χ4n) is 2.08. The van der Waals surface area contributed by atoms with Crippen molar-refractivity contribution in [1.29, 1.82) is 0 Å². The summed E-state index contributed by atoms with van der Waals surface area (Å²) in [5.74, 6) is 0.788. The second-order valence-corrected chi connectivity index (χ2v) is 3.79. The molecule has 1 aliphatic rings. The van der Waals surface area contributed by atoms with Gasteiger partial charge in [0.1, 0.15) is 0 Å². The van der Waals surface area contributed by atoms with Crippen LogP contribution in [0.5, 0.6) is 0 Å². The highest BCUT2D eigenvalue weighted by atomic mass is 14.8. The largest absolute Gasteiger partial charge is 0.317 e. The van der Waals surface area contributed by atoms with Crippen molar-refractivity contribution in [2.75, 3.05) is 13.1 Å². The summed E-state index contributed by atoms with van der Waals surface area (Å²) in [4.78, 5) is 0. The van der Waals surface area contributed by atoms with E-state index in [4.69, 9.17) is 0 Å². The monoisotopic (exact) mass is 175 g/mol. The highest BCUT2D eigenvalue weighted by molar-refractivity contribution is 5.19. The molecule has 1 heteroatoms. The summed E-state index contributed by atoms with van der Waals surface area (Å²) < 4.78 is 0. The second-order valence-electron chi connectivity index (χ2n) is 3.79. The summed E-state index contributed by atoms with van der Waals surface area (Å²) in [6.07, 6.45) is 3.96. The molecule has 0 aliphatic carbocycles. The Morgan fingerprint density at radius 2 is 1.85 bits per heavy atom. The number of hydrogen-bond donors (Lipinski definition) is 1. The molecule has 70 valence electrons. The fraction of sp³-hybridized carbons (Fsp3) is 0.500. The van der Waals surface area contributed by atoms with Crippen molar-refractivity contribution in [3.8, 4) is 0 Å². The zero-order chi connectivity index (χ0) is 8.93. The molecule has 1 heterocycles. The van der Waals surface area contributed by atoms with Gasteiger partial charge in [-0.15, -0.1) is 0 Å². The van der Waals surface area contributed by atoms with Crippen LogP contribution in [0, 0.1) is 0 Å². The van der Waals surface area contributed by atoms with Crippen LogP contribution in [0.15, 0.2) is 30.3 Å². The van der Waals surface area contributed by atoms with Crippen molar-refractivity contribution >= 4 is 0 Å². The van der Waals surface area contributed by atoms with Crippen molar-refractivity contribution in [2.45, 2.75) is 25.2 Å². The van der Waals surface area contributed by atoms with Crippen LogP contribution in [0.3, 0.4) is 0 Å². The maximum Gasteiger partial charge on any atom is -0.00431 e. The molecule has 1 N–H and O–H groups in total. The number of benzene rings is 1. The van der Waals surface area contributed by atoms with Gasteiger partial charge in [-0.05, 0) is 43.8 Å². The van der Waals surface area contributed by atoms with Crippen LogP contribution in [0.1, 0.15) is 30.7 Å². The van der Waals surface area contributed by atoms with Crippen LogP contribution < -0.4 is 5.32 Å². The lowest BCUT2D eigenvalue weighted by Gasteiger charge is -2.13. The molecule has 1 aliphatic heterocycles. The first-order valence-corrected chi connectivity index (χ1v) is 5.22. The quantitative estimate of drug-likeness (QED) is 0.691. The molecule has 1 fully saturated rings. The van der Waals surface area contributed by atoms with Gasteiger partial charge in [-0.1, -0.05) is 30.3 Å². The second kappa shape index (κ2) is 4.43. The van der Waals surface area contributed by atoms with E-state index >= 15 is 0 Å². The van der Waals surface area contributed by atoms with Gasteiger partial charge in [0.05, 0.1) is 0 Å². The first-order chi connectivity index (χ1) is 6.47. The molecule has 2 rings (SSSR count). The number of nitrogens with one attached hydrogen (secondary N) is 1. The maximum absolute atomic E-state index is 3.45. The summed E-state index contributed by atoms with van der Waals surface area (Å²) in [6, 6.07) is 10.9. The third-order valence-corrected chi connectivity index (χ3v) is 2.85. The van der Waals surface area contributed by atoms with E-state index in [1.54, 1.807) is 0 Å². The molecule has 0 aromatic heterocycles. The van der Waals surface area contributed by atoms with Gasteiger partial charge in [0.25, 0.3) is 0 Å². The molecule has 0 bridgehead atoms. The Morgan fingerprint density at radius 3 is 2.69 bits per heavy atom. The Morgan fingerprint density at radius 1 is 1.00 bits per heavy atom. The van der Waals surface area contributed by atoms with E-state index in [9.17, 15) is 0 Å². The van der Waals surface area contributed by atoms with Crippen molar-refractivity contribution in [3.05, 3.63) is 35.9 Å². The standard InChI is InChI=1S/C12H17N/c1-2-5-11(6-3-1)12-7-4-9-13-10-8-12/h1-3,5-6,12-13H,4,7-10H2/t12-/m0/s1. The minimum absolute atomic E-state index is 0.788. The third-order valence-electron chi connectivity index (χ3n) is 2.85. The molecule has 0 amide bonds. The van der Waals surface area contributed by atoms with Gasteiger partial charge in [0.2, 0.25) is 0 Å². The third kappa shape index (κ3) is 2.31. The lowest BCUT2D eigenvalue weighted by atomic mass is 9.92. The molecular weight excluding hydrogens is 158 g/mol. The molecule has 0 radical (unpaired) electrons. The smallest absolute Gasteiger partial charge is 0.00431 e. The Labute approximate surface area is 80.2 Å². The molecule has 0 spiro atoms. The highest BCUT2D eigenvalue weighted by Gasteiger charge is 2.12. The van der Waals surface area contributed by atoms with Crippen molar-refractivity contribution in [2.24, 2.45) is 0 Å². The SMILES string of the molecule is c1ccc([C@H]2CCCNCC2)cc1. The number of rotatable bonds is 1. The molecule has 13 heavy (non-hydrogen) atoms. The van der Waals surface area contributed by atoms with E-state index < -0.39 is 0 Å². The zero-order valence-electron chi connectivity index (χ0n) is 8.00. The average Bonchev–Trinajstić information content (AvgIpc) is 2.47. The van der Waals surface area contributed by atoms with Gasteiger partial charge in [0.15, 0.2) is 0 Å². The van der Waals surface area contributed by atoms with Gasteiger partial charge < -0.3 is 5.32 Å². The Kier molecular flexibility index (Phi) is 2.98. The Balaban J connectivity index is 2.06. The summed E-state index contributed by atoms with van der Waals surface area (Å²) in [7, 11) is 0. The van der Waals surface area contributed by atoms with Crippen molar-refractivity contribution < 1.29 is 0 Å². The zero-order valence-corrected chi connectivity index (χ0v) is 8.00. The maximum atomic E-state index is 3.45. The van der Waals surface area contributed by atoms with Crippen LogP contribution in [0.4, 0.5) is 0 Å². The van der Waals surface area contributed by atoms with E-state index in [1.807, 2.05) is 0 Å². The minimum Gasteiger partial charge on any atom is -0.317 e. The molecular formula is C12H17N. The molecule has 0 unspecified atom stereocenters. The minimum atomic E-state index is 0.788. The van der Waals surface area contributed by atoms with Crippen LogP contribution in [0.25, 0.3) is 0 Å². The van der Waals surface area contributed by atoms with Gasteiger partial charge in [-0.2, -0.15) is 0 Å². The fourth-order valence-corrected chi connectivity index (χ4v) is 2.08. The van der Waals surface area contributed by atoms with Crippen molar-refractivity contribution in [3.63, 3.8) is 0 Å². The average molecular weight is 175 g/mol. The Hall–Kier alpha value is -0.820. The Bertz CT molecular complexity index is 235. The van der Waals surface area contributed by atoms with Crippen LogP contribution in [-0.2, 0) is 0 Å². The van der Waals surface area contributed by atoms with E-state index in [0.717, 1.165) is 5.92 Å². The highest BCUT2D eigenvalue weighted by Crippen LogP contribution is 2.25. The molecule has 1 nitrogen and oxygen atoms in total. The molecule has 1 saturated heterocycles. The van der Waals surface area contributed by atoms with Gasteiger partial charge >= 0.3 is 0 Å². The lowest BCUT2D eigenvalue weighted by Crippen LogP contribution is -2.13. The normalized spacial score (nSPS) is 23.8. The summed E-state index contributed by atoms with van der Waals surface area (Å²) in [5, 5.41) is 3.45. The summed E-state index contributed by atoms with van der Waals surface area (Å²) in [6.45, 7) is 2.38. The van der Waals surface area contributed by atoms with E-state index in [2.05, 4.69) is 35.6 Å². The number of hydrogen-bond acceptors (Lipinski definition) is 1. The van der Waals surface area contributed by atoms with Gasteiger partial charge in [0, 0.05) is 0 Å². The van der Waals surface area contributed by atoms with Gasteiger partial charge in [-0.3, -0.25) is 0 Å². The van der Waals surface area contributed by atoms with Gasteiger partial charge in [-0.25, -0.2) is 0 Å². The molecule has 1 aromatic rings. The van der Waals surface area contributed by atoms with Crippen LogP contribution in [-0.4, -0.2) is 13.1 Å². The lowest BCUT2D eigenvalue weighted by molar-refractivity contribution is 0.609. The van der Waals surface area contributed by atoms with E-state index in [0.29, 0.717) is 0 Å². The molecule has 0 saturated carbocycles.